The van der Waals surface area contributed by atoms with Crippen molar-refractivity contribution in [2.75, 3.05) is 56.4 Å². The van der Waals surface area contributed by atoms with E-state index < -0.39 is 0 Å². The molecule has 0 aliphatic carbocycles. The lowest BCUT2D eigenvalue weighted by Crippen LogP contribution is -2.37. The molecule has 0 bridgehead atoms. The number of aromatic nitrogens is 2. The average Bonchev–Trinajstić information content (AvgIpc) is 3.19. The Balaban J connectivity index is 1.29. The summed E-state index contributed by atoms with van der Waals surface area (Å²) in [6.45, 7) is 6.14. The van der Waals surface area contributed by atoms with E-state index in [1.807, 2.05) is 13.0 Å². The largest absolute Gasteiger partial charge is 0.454 e. The van der Waals surface area contributed by atoms with Crippen LogP contribution in [-0.4, -0.2) is 62.1 Å². The van der Waals surface area contributed by atoms with Crippen LogP contribution in [0.4, 0.5) is 11.8 Å². The molecule has 2 aliphatic rings. The maximum absolute atomic E-state index is 12.3. The van der Waals surface area contributed by atoms with Gasteiger partial charge in [0.1, 0.15) is 5.82 Å². The molecule has 1 aromatic heterocycles. The highest BCUT2D eigenvalue weighted by Crippen LogP contribution is 2.32. The van der Waals surface area contributed by atoms with Crippen molar-refractivity contribution >= 4 is 17.7 Å². The lowest BCUT2D eigenvalue weighted by molar-refractivity contribution is 0.0954. The summed E-state index contributed by atoms with van der Waals surface area (Å²) < 4.78 is 15.9. The van der Waals surface area contributed by atoms with Crippen LogP contribution in [0, 0.1) is 6.92 Å². The molecule has 9 heteroatoms. The highest BCUT2D eigenvalue weighted by Gasteiger charge is 2.16. The van der Waals surface area contributed by atoms with Gasteiger partial charge in [-0.25, -0.2) is 4.98 Å². The SMILES string of the molecule is Cc1cc(N2CCOCC2)nc(NCCNC(=O)c2ccc3c(c2)OCO3)n1. The summed E-state index contributed by atoms with van der Waals surface area (Å²) in [5.74, 6) is 2.53. The Morgan fingerprint density at radius 2 is 1.93 bits per heavy atom. The fraction of sp³-hybridized carbons (Fsp3) is 0.421. The van der Waals surface area contributed by atoms with Crippen LogP contribution in [0.3, 0.4) is 0 Å². The van der Waals surface area contributed by atoms with Gasteiger partial charge in [-0.3, -0.25) is 4.79 Å². The highest BCUT2D eigenvalue weighted by atomic mass is 16.7. The van der Waals surface area contributed by atoms with Gasteiger partial charge in [0, 0.05) is 43.5 Å². The van der Waals surface area contributed by atoms with Crippen molar-refractivity contribution in [2.24, 2.45) is 0 Å². The first-order valence-corrected chi connectivity index (χ1v) is 9.29. The lowest BCUT2D eigenvalue weighted by Gasteiger charge is -2.28. The van der Waals surface area contributed by atoms with Crippen LogP contribution in [0.5, 0.6) is 11.5 Å². The summed E-state index contributed by atoms with van der Waals surface area (Å²) in [4.78, 5) is 23.5. The zero-order chi connectivity index (χ0) is 19.3. The zero-order valence-corrected chi connectivity index (χ0v) is 15.7. The van der Waals surface area contributed by atoms with Crippen molar-refractivity contribution in [1.82, 2.24) is 15.3 Å². The Morgan fingerprint density at radius 3 is 2.79 bits per heavy atom. The van der Waals surface area contributed by atoms with E-state index in [0.29, 0.717) is 49.3 Å². The molecule has 1 amide bonds. The molecule has 9 nitrogen and oxygen atoms in total. The van der Waals surface area contributed by atoms with E-state index in [1.165, 1.54) is 0 Å². The minimum atomic E-state index is -0.167. The van der Waals surface area contributed by atoms with Crippen LogP contribution in [-0.2, 0) is 4.74 Å². The van der Waals surface area contributed by atoms with Crippen LogP contribution in [0.15, 0.2) is 24.3 Å². The lowest BCUT2D eigenvalue weighted by atomic mass is 10.2. The van der Waals surface area contributed by atoms with Gasteiger partial charge >= 0.3 is 0 Å². The van der Waals surface area contributed by atoms with Gasteiger partial charge < -0.3 is 29.7 Å². The van der Waals surface area contributed by atoms with Gasteiger partial charge in [0.15, 0.2) is 11.5 Å². The summed E-state index contributed by atoms with van der Waals surface area (Å²) >= 11 is 0. The first-order chi connectivity index (χ1) is 13.7. The summed E-state index contributed by atoms with van der Waals surface area (Å²) in [6, 6.07) is 7.11. The molecule has 2 aromatic rings. The van der Waals surface area contributed by atoms with Crippen molar-refractivity contribution in [3.8, 4) is 11.5 Å². The van der Waals surface area contributed by atoms with Gasteiger partial charge in [-0.05, 0) is 25.1 Å². The molecule has 2 aliphatic heterocycles. The van der Waals surface area contributed by atoms with Crippen molar-refractivity contribution in [3.63, 3.8) is 0 Å². The number of nitrogens with one attached hydrogen (secondary N) is 2. The Bertz CT molecular complexity index is 854. The highest BCUT2D eigenvalue weighted by molar-refractivity contribution is 5.94. The van der Waals surface area contributed by atoms with Crippen LogP contribution in [0.2, 0.25) is 0 Å². The first kappa shape index (κ1) is 18.3. The van der Waals surface area contributed by atoms with Gasteiger partial charge in [0.2, 0.25) is 12.7 Å². The van der Waals surface area contributed by atoms with Gasteiger partial charge in [0.25, 0.3) is 5.91 Å². The van der Waals surface area contributed by atoms with E-state index in [0.717, 1.165) is 24.6 Å². The Labute approximate surface area is 163 Å². The number of nitrogens with zero attached hydrogens (tertiary/aromatic N) is 3. The number of fused-ring (bicyclic) bond motifs is 1. The summed E-state index contributed by atoms with van der Waals surface area (Å²) in [6.07, 6.45) is 0. The topological polar surface area (TPSA) is 97.8 Å². The molecule has 28 heavy (non-hydrogen) atoms. The molecular formula is C19H23N5O4. The van der Waals surface area contributed by atoms with Crippen LogP contribution in [0.25, 0.3) is 0 Å². The normalized spacial score (nSPS) is 15.4. The van der Waals surface area contributed by atoms with Crippen LogP contribution < -0.4 is 25.0 Å². The molecule has 1 fully saturated rings. The summed E-state index contributed by atoms with van der Waals surface area (Å²) in [7, 11) is 0. The van der Waals surface area contributed by atoms with Crippen LogP contribution in [0.1, 0.15) is 16.1 Å². The van der Waals surface area contributed by atoms with Gasteiger partial charge in [-0.15, -0.1) is 0 Å². The number of hydrogen-bond donors (Lipinski definition) is 2. The molecular weight excluding hydrogens is 362 g/mol. The maximum Gasteiger partial charge on any atom is 0.251 e. The Morgan fingerprint density at radius 1 is 1.11 bits per heavy atom. The van der Waals surface area contributed by atoms with Crippen molar-refractivity contribution in [3.05, 3.63) is 35.5 Å². The number of morpholine rings is 1. The van der Waals surface area contributed by atoms with Crippen molar-refractivity contribution in [2.45, 2.75) is 6.92 Å². The second kappa shape index (κ2) is 8.30. The smallest absolute Gasteiger partial charge is 0.251 e. The number of anilines is 2. The molecule has 148 valence electrons. The van der Waals surface area contributed by atoms with E-state index in [9.17, 15) is 4.79 Å². The van der Waals surface area contributed by atoms with Crippen molar-refractivity contribution in [1.29, 1.82) is 0 Å². The van der Waals surface area contributed by atoms with Gasteiger partial charge in [-0.1, -0.05) is 0 Å². The second-order valence-corrected chi connectivity index (χ2v) is 6.54. The molecule has 0 spiro atoms. The Hall–Kier alpha value is -3.07. The number of ether oxygens (including phenoxy) is 3. The number of benzene rings is 1. The quantitative estimate of drug-likeness (QED) is 0.716. The van der Waals surface area contributed by atoms with Gasteiger partial charge in [-0.2, -0.15) is 4.98 Å². The molecule has 0 unspecified atom stereocenters. The third kappa shape index (κ3) is 4.25. The number of hydrogen-bond acceptors (Lipinski definition) is 8. The average molecular weight is 385 g/mol. The Kier molecular flexibility index (Phi) is 5.43. The maximum atomic E-state index is 12.3. The first-order valence-electron chi connectivity index (χ1n) is 9.29. The minimum Gasteiger partial charge on any atom is -0.454 e. The minimum absolute atomic E-state index is 0.167. The van der Waals surface area contributed by atoms with Crippen LogP contribution >= 0.6 is 0 Å². The number of carbonyl (C=O) groups is 1. The predicted molar refractivity (Wildman–Crippen MR) is 103 cm³/mol. The van der Waals surface area contributed by atoms with E-state index in [2.05, 4.69) is 25.5 Å². The fourth-order valence-corrected chi connectivity index (χ4v) is 3.08. The fourth-order valence-electron chi connectivity index (χ4n) is 3.08. The van der Waals surface area contributed by atoms with E-state index in [1.54, 1.807) is 18.2 Å². The monoisotopic (exact) mass is 385 g/mol. The molecule has 0 saturated carbocycles. The number of aryl methyl sites for hydroxylation is 1. The number of carbonyl (C=O) groups excluding carboxylic acids is 1. The van der Waals surface area contributed by atoms with Crippen molar-refractivity contribution < 1.29 is 19.0 Å². The number of rotatable bonds is 6. The summed E-state index contributed by atoms with van der Waals surface area (Å²) in [5.41, 5.74) is 1.43. The second-order valence-electron chi connectivity index (χ2n) is 6.54. The van der Waals surface area contributed by atoms with E-state index in [4.69, 9.17) is 14.2 Å². The third-order valence-corrected chi connectivity index (χ3v) is 4.50. The zero-order valence-electron chi connectivity index (χ0n) is 15.7. The number of amides is 1. The predicted octanol–water partition coefficient (Wildman–Crippen LogP) is 1.19. The molecule has 0 radical (unpaired) electrons. The van der Waals surface area contributed by atoms with Gasteiger partial charge in [0.05, 0.1) is 13.2 Å². The summed E-state index contributed by atoms with van der Waals surface area (Å²) in [5, 5.41) is 6.05. The molecule has 3 heterocycles. The standard InChI is InChI=1S/C19H23N5O4/c1-13-10-17(24-6-8-26-9-7-24)23-19(22-13)21-5-4-20-18(25)14-2-3-15-16(11-14)28-12-27-15/h2-3,10-11H,4-9,12H2,1H3,(H,20,25)(H,21,22,23). The molecule has 2 N–H and O–H groups in total. The molecule has 4 rings (SSSR count). The van der Waals surface area contributed by atoms with E-state index in [-0.39, 0.29) is 12.7 Å². The molecule has 1 saturated heterocycles. The van der Waals surface area contributed by atoms with E-state index >= 15 is 0 Å². The molecule has 1 aromatic carbocycles. The molecule has 0 atom stereocenters. The third-order valence-electron chi connectivity index (χ3n) is 4.50.